The van der Waals surface area contributed by atoms with E-state index in [1.807, 2.05) is 61.5 Å². The van der Waals surface area contributed by atoms with E-state index in [9.17, 15) is 28.8 Å². The van der Waals surface area contributed by atoms with E-state index in [1.54, 1.807) is 19.1 Å². The Labute approximate surface area is 362 Å². The SMILES string of the molecule is C=C(CC=C/C=C(\C)Cl)O[C@@H]1C[C@@H](C(=O)N[C@@H](CCC)C(=O)C(=O)NC2CC2)N(C(=O)[C@@H](NC(=O)C(NC(=O)c2cnccn2)C2CCCCC2)C(C)(C)C)C1.CC.CC. The molecule has 2 aliphatic carbocycles. The highest BCUT2D eigenvalue weighted by Gasteiger charge is 2.47. The number of nitrogens with one attached hydrogen (secondary N) is 4. The molecule has 334 valence electrons. The number of hydrogen-bond acceptors (Lipinski definition) is 9. The fourth-order valence-corrected chi connectivity index (χ4v) is 7.14. The second-order valence-electron chi connectivity index (χ2n) is 16.1. The smallest absolute Gasteiger partial charge is 0.289 e. The van der Waals surface area contributed by atoms with E-state index in [0.717, 1.165) is 44.9 Å². The first kappa shape index (κ1) is 51.6. The molecule has 1 aliphatic heterocycles. The molecule has 15 heteroatoms. The largest absolute Gasteiger partial charge is 0.493 e. The maximum atomic E-state index is 14.8. The van der Waals surface area contributed by atoms with Crippen LogP contribution in [0.15, 0.2) is 54.2 Å². The number of ketones is 1. The fraction of sp³-hybridized carbons (Fsp3) is 0.644. The number of ether oxygens (including phenoxy) is 1. The molecule has 2 saturated carbocycles. The lowest BCUT2D eigenvalue weighted by molar-refractivity contribution is -0.145. The van der Waals surface area contributed by atoms with Crippen LogP contribution in [-0.2, 0) is 28.7 Å². The number of carbonyl (C=O) groups is 6. The second-order valence-corrected chi connectivity index (χ2v) is 16.7. The highest BCUT2D eigenvalue weighted by atomic mass is 35.5. The molecule has 0 radical (unpaired) electrons. The van der Waals surface area contributed by atoms with E-state index in [2.05, 4.69) is 37.8 Å². The minimum Gasteiger partial charge on any atom is -0.493 e. The molecule has 1 aromatic rings. The van der Waals surface area contributed by atoms with Gasteiger partial charge in [0.05, 0.1) is 24.5 Å². The number of Topliss-reactive ketones (excluding diaryl/α,β-unsaturated/α-hetero) is 1. The molecule has 5 atom stereocenters. The summed E-state index contributed by atoms with van der Waals surface area (Å²) in [5.74, 6) is -3.46. The van der Waals surface area contributed by atoms with E-state index < -0.39 is 71.0 Å². The fourth-order valence-electron chi connectivity index (χ4n) is 7.07. The van der Waals surface area contributed by atoms with Gasteiger partial charge in [-0.1, -0.05) is 111 Å². The normalized spacial score (nSPS) is 19.6. The number of rotatable bonds is 18. The first-order valence-corrected chi connectivity index (χ1v) is 22.1. The minimum absolute atomic E-state index is 0.00712. The van der Waals surface area contributed by atoms with Gasteiger partial charge in [0.15, 0.2) is 0 Å². The summed E-state index contributed by atoms with van der Waals surface area (Å²) in [6, 6.07) is -4.30. The Bertz CT molecular complexity index is 1650. The molecular formula is C45H70ClN7O7. The molecule has 0 spiro atoms. The predicted molar refractivity (Wildman–Crippen MR) is 234 cm³/mol. The predicted octanol–water partition coefficient (Wildman–Crippen LogP) is 6.46. The van der Waals surface area contributed by atoms with Gasteiger partial charge in [-0.2, -0.15) is 0 Å². The first-order chi connectivity index (χ1) is 28.6. The van der Waals surface area contributed by atoms with Crippen molar-refractivity contribution < 1.29 is 33.5 Å². The Balaban J connectivity index is 0.00000301. The number of amides is 5. The van der Waals surface area contributed by atoms with Crippen LogP contribution in [0.25, 0.3) is 0 Å². The zero-order valence-corrected chi connectivity index (χ0v) is 38.0. The number of hydrogen-bond donors (Lipinski definition) is 4. The van der Waals surface area contributed by atoms with E-state index in [0.29, 0.717) is 23.6 Å². The standard InChI is InChI=1S/C41H58ClN7O7.2C2H6/c1-7-13-30(34(50)39(54)45-28-18-19-28)46-37(52)32-22-29(56-26(3)15-12-11-14-25(2)42)24-49(32)40(55)35(41(4,5)6)48-38(53)33(27-16-9-8-10-17-27)47-36(51)31-23-43-20-21-44-31;2*1-2/h11-12,14,20-21,23,27-30,32-33,35H,3,7-10,13,15-19,22,24H2,1-2,4-6H3,(H,45,54)(H,46,52)(H,47,51)(H,48,53);2*1-2H3/b12-11?,25-14+;;/t29-,30+,32+,33?,35-;;/m1../s1. The molecule has 14 nitrogen and oxygen atoms in total. The Morgan fingerprint density at radius 2 is 1.65 bits per heavy atom. The molecule has 3 aliphatic rings. The molecule has 3 fully saturated rings. The topological polar surface area (TPSA) is 189 Å². The Morgan fingerprint density at radius 3 is 2.22 bits per heavy atom. The lowest BCUT2D eigenvalue weighted by Gasteiger charge is -2.37. The Morgan fingerprint density at radius 1 is 0.983 bits per heavy atom. The maximum absolute atomic E-state index is 14.8. The average molecular weight is 857 g/mol. The molecule has 1 saturated heterocycles. The van der Waals surface area contributed by atoms with Gasteiger partial charge in [-0.25, -0.2) is 4.98 Å². The van der Waals surface area contributed by atoms with Gasteiger partial charge >= 0.3 is 0 Å². The molecule has 4 rings (SSSR count). The van der Waals surface area contributed by atoms with Crippen molar-refractivity contribution in [1.29, 1.82) is 0 Å². The molecule has 0 aromatic carbocycles. The average Bonchev–Trinajstić information content (AvgIpc) is 3.96. The molecule has 1 unspecified atom stereocenters. The summed E-state index contributed by atoms with van der Waals surface area (Å²) >= 11 is 5.92. The van der Waals surface area contributed by atoms with Crippen LogP contribution in [-0.4, -0.2) is 93.0 Å². The molecule has 1 aromatic heterocycles. The quantitative estimate of drug-likeness (QED) is 0.0730. The van der Waals surface area contributed by atoms with Gasteiger partial charge in [-0.3, -0.25) is 33.8 Å². The maximum Gasteiger partial charge on any atom is 0.289 e. The third-order valence-corrected chi connectivity index (χ3v) is 10.3. The first-order valence-electron chi connectivity index (χ1n) is 21.7. The summed E-state index contributed by atoms with van der Waals surface area (Å²) in [6.45, 7) is 21.0. The van der Waals surface area contributed by atoms with E-state index in [1.165, 1.54) is 23.5 Å². The van der Waals surface area contributed by atoms with Gasteiger partial charge in [-0.15, -0.1) is 0 Å². The number of aromatic nitrogens is 2. The lowest BCUT2D eigenvalue weighted by Crippen LogP contribution is -2.62. The van der Waals surface area contributed by atoms with Gasteiger partial charge in [0.2, 0.25) is 23.5 Å². The van der Waals surface area contributed by atoms with Crippen molar-refractivity contribution in [2.24, 2.45) is 11.3 Å². The van der Waals surface area contributed by atoms with Crippen molar-refractivity contribution >= 4 is 46.9 Å². The van der Waals surface area contributed by atoms with Crippen molar-refractivity contribution in [2.45, 2.75) is 169 Å². The Kier molecular flexibility index (Phi) is 22.3. The Hall–Kier alpha value is -4.59. The summed E-state index contributed by atoms with van der Waals surface area (Å²) in [7, 11) is 0. The van der Waals surface area contributed by atoms with Crippen molar-refractivity contribution in [3.05, 3.63) is 59.9 Å². The highest BCUT2D eigenvalue weighted by molar-refractivity contribution is 6.38. The molecule has 5 amide bonds. The minimum atomic E-state index is -1.13. The van der Waals surface area contributed by atoms with Crippen LogP contribution in [0.4, 0.5) is 0 Å². The summed E-state index contributed by atoms with van der Waals surface area (Å²) in [5, 5.41) is 11.9. The van der Waals surface area contributed by atoms with Crippen LogP contribution in [0, 0.1) is 11.3 Å². The van der Waals surface area contributed by atoms with Gasteiger partial charge in [0.25, 0.3) is 11.8 Å². The van der Waals surface area contributed by atoms with Gasteiger partial charge < -0.3 is 30.9 Å². The van der Waals surface area contributed by atoms with Gasteiger partial charge in [-0.05, 0) is 56.4 Å². The summed E-state index contributed by atoms with van der Waals surface area (Å²) in [5.41, 5.74) is -0.780. The van der Waals surface area contributed by atoms with Gasteiger partial charge in [0.1, 0.15) is 29.9 Å². The number of likely N-dealkylation sites (tertiary alicyclic amines) is 1. The van der Waals surface area contributed by atoms with Crippen LogP contribution in [0.2, 0.25) is 0 Å². The summed E-state index contributed by atoms with van der Waals surface area (Å²) in [6.07, 6.45) is 15.9. The third kappa shape index (κ3) is 16.5. The lowest BCUT2D eigenvalue weighted by atomic mass is 9.82. The van der Waals surface area contributed by atoms with Crippen molar-refractivity contribution in [3.8, 4) is 0 Å². The number of carbonyl (C=O) groups excluding carboxylic acids is 6. The number of halogens is 1. The number of allylic oxidation sites excluding steroid dienone is 4. The molecule has 60 heavy (non-hydrogen) atoms. The van der Waals surface area contributed by atoms with Gasteiger partial charge in [0, 0.05) is 36.3 Å². The number of nitrogens with zero attached hydrogens (tertiary/aromatic N) is 3. The van der Waals surface area contributed by atoms with Crippen LogP contribution < -0.4 is 21.3 Å². The van der Waals surface area contributed by atoms with Crippen molar-refractivity contribution in [3.63, 3.8) is 0 Å². The molecule has 4 N–H and O–H groups in total. The van der Waals surface area contributed by atoms with Crippen molar-refractivity contribution in [2.75, 3.05) is 6.54 Å². The highest BCUT2D eigenvalue weighted by Crippen LogP contribution is 2.31. The van der Waals surface area contributed by atoms with E-state index in [4.69, 9.17) is 16.3 Å². The monoisotopic (exact) mass is 856 g/mol. The zero-order valence-electron chi connectivity index (χ0n) is 37.3. The second kappa shape index (κ2) is 25.9. The summed E-state index contributed by atoms with van der Waals surface area (Å²) in [4.78, 5) is 91.8. The van der Waals surface area contributed by atoms with Crippen molar-refractivity contribution in [1.82, 2.24) is 36.1 Å². The third-order valence-electron chi connectivity index (χ3n) is 10.2. The molecule has 0 bridgehead atoms. The van der Waals surface area contributed by atoms with E-state index in [-0.39, 0.29) is 37.0 Å². The molecule has 2 heterocycles. The van der Waals surface area contributed by atoms with E-state index >= 15 is 0 Å². The van der Waals surface area contributed by atoms with Crippen LogP contribution in [0.3, 0.4) is 0 Å². The summed E-state index contributed by atoms with van der Waals surface area (Å²) < 4.78 is 6.17. The zero-order chi connectivity index (χ0) is 45.0. The van der Waals surface area contributed by atoms with Crippen LogP contribution >= 0.6 is 11.6 Å². The van der Waals surface area contributed by atoms with Crippen LogP contribution in [0.1, 0.15) is 143 Å². The molecular weight excluding hydrogens is 786 g/mol. The van der Waals surface area contributed by atoms with Crippen LogP contribution in [0.5, 0.6) is 0 Å².